The molecule has 0 saturated carbocycles. The number of hydrogen-bond donors (Lipinski definition) is 1. The first kappa shape index (κ1) is 11.1. The van der Waals surface area contributed by atoms with Crippen molar-refractivity contribution in [3.63, 3.8) is 0 Å². The van der Waals surface area contributed by atoms with Crippen LogP contribution in [0.1, 0.15) is 19.3 Å². The molecule has 0 aromatic carbocycles. The molecule has 1 aliphatic heterocycles. The number of carbonyl (C=O) groups is 1. The lowest BCUT2D eigenvalue weighted by Gasteiger charge is -2.27. The van der Waals surface area contributed by atoms with E-state index in [9.17, 15) is 4.79 Å². The van der Waals surface area contributed by atoms with E-state index < -0.39 is 0 Å². The molecule has 1 saturated heterocycles. The summed E-state index contributed by atoms with van der Waals surface area (Å²) in [5.41, 5.74) is 0. The lowest BCUT2D eigenvalue weighted by atomic mass is 9.97. The molecule has 1 rings (SSSR count). The van der Waals surface area contributed by atoms with E-state index in [2.05, 4.69) is 11.2 Å². The molecule has 0 spiro atoms. The predicted octanol–water partition coefficient (Wildman–Crippen LogP) is 0.468. The number of nitrogens with zero attached hydrogens (tertiary/aromatic N) is 1. The van der Waals surface area contributed by atoms with Crippen LogP contribution in [-0.2, 0) is 4.79 Å². The van der Waals surface area contributed by atoms with Gasteiger partial charge in [0.1, 0.15) is 0 Å². The molecule has 1 heterocycles. The Kier molecular flexibility index (Phi) is 4.48. The van der Waals surface area contributed by atoms with Crippen molar-refractivity contribution < 1.29 is 4.79 Å². The number of piperidine rings is 1. The summed E-state index contributed by atoms with van der Waals surface area (Å²) in [7, 11) is 1.84. The van der Waals surface area contributed by atoms with Crippen LogP contribution in [-0.4, -0.2) is 37.5 Å². The van der Waals surface area contributed by atoms with E-state index >= 15 is 0 Å². The lowest BCUT2D eigenvalue weighted by molar-refractivity contribution is -0.129. The second-order valence-corrected chi connectivity index (χ2v) is 3.85. The van der Waals surface area contributed by atoms with Gasteiger partial charge in [-0.15, -0.1) is 6.42 Å². The molecule has 78 valence electrons. The van der Waals surface area contributed by atoms with Crippen LogP contribution in [0.15, 0.2) is 0 Å². The van der Waals surface area contributed by atoms with Crippen molar-refractivity contribution in [1.82, 2.24) is 10.2 Å². The fourth-order valence-corrected chi connectivity index (χ4v) is 1.78. The van der Waals surface area contributed by atoms with E-state index in [1.807, 2.05) is 7.05 Å². The van der Waals surface area contributed by atoms with Crippen LogP contribution in [0.25, 0.3) is 0 Å². The van der Waals surface area contributed by atoms with E-state index in [0.29, 0.717) is 5.92 Å². The Bertz CT molecular complexity index is 226. The Hall–Kier alpha value is -1.01. The fourth-order valence-electron chi connectivity index (χ4n) is 1.78. The standard InChI is InChI=1S/C11H18N2O/c1-3-4-11(14)13(2)9-10-5-7-12-8-6-10/h1,10,12H,4-9H2,2H3. The maximum atomic E-state index is 11.4. The van der Waals surface area contributed by atoms with E-state index in [1.54, 1.807) is 4.90 Å². The molecule has 0 bridgehead atoms. The minimum absolute atomic E-state index is 0.0611. The van der Waals surface area contributed by atoms with Gasteiger partial charge in [0.05, 0.1) is 6.42 Å². The molecule has 1 fully saturated rings. The van der Waals surface area contributed by atoms with Crippen molar-refractivity contribution in [1.29, 1.82) is 0 Å². The van der Waals surface area contributed by atoms with E-state index in [4.69, 9.17) is 6.42 Å². The third kappa shape index (κ3) is 3.39. The van der Waals surface area contributed by atoms with Gasteiger partial charge in [0.2, 0.25) is 5.91 Å². The van der Waals surface area contributed by atoms with Crippen molar-refractivity contribution in [2.75, 3.05) is 26.7 Å². The van der Waals surface area contributed by atoms with E-state index in [-0.39, 0.29) is 12.3 Å². The summed E-state index contributed by atoms with van der Waals surface area (Å²) in [6.07, 6.45) is 7.64. The van der Waals surface area contributed by atoms with Crippen molar-refractivity contribution in [2.45, 2.75) is 19.3 Å². The monoisotopic (exact) mass is 194 g/mol. The number of hydrogen-bond acceptors (Lipinski definition) is 2. The van der Waals surface area contributed by atoms with Crippen LogP contribution >= 0.6 is 0 Å². The Morgan fingerprint density at radius 3 is 2.79 bits per heavy atom. The van der Waals surface area contributed by atoms with Crippen LogP contribution in [0.5, 0.6) is 0 Å². The Balaban J connectivity index is 2.28. The minimum Gasteiger partial charge on any atom is -0.345 e. The van der Waals surface area contributed by atoms with E-state index in [1.165, 1.54) is 0 Å². The zero-order chi connectivity index (χ0) is 10.4. The Morgan fingerprint density at radius 1 is 1.57 bits per heavy atom. The normalized spacial score (nSPS) is 17.4. The molecule has 14 heavy (non-hydrogen) atoms. The van der Waals surface area contributed by atoms with Gasteiger partial charge in [0.15, 0.2) is 0 Å². The highest BCUT2D eigenvalue weighted by Crippen LogP contribution is 2.12. The maximum Gasteiger partial charge on any atom is 0.234 e. The maximum absolute atomic E-state index is 11.4. The molecule has 0 aliphatic carbocycles. The molecule has 1 amide bonds. The molecular weight excluding hydrogens is 176 g/mol. The molecule has 0 unspecified atom stereocenters. The van der Waals surface area contributed by atoms with Gasteiger partial charge in [-0.05, 0) is 31.8 Å². The lowest BCUT2D eigenvalue weighted by Crippen LogP contribution is -2.37. The van der Waals surface area contributed by atoms with Gasteiger partial charge in [0, 0.05) is 13.6 Å². The average Bonchev–Trinajstić information content (AvgIpc) is 2.19. The third-order valence-corrected chi connectivity index (χ3v) is 2.67. The topological polar surface area (TPSA) is 32.3 Å². The quantitative estimate of drug-likeness (QED) is 0.662. The van der Waals surface area contributed by atoms with Crippen LogP contribution < -0.4 is 5.32 Å². The summed E-state index contributed by atoms with van der Waals surface area (Å²) in [5, 5.41) is 3.31. The molecule has 0 aromatic rings. The molecule has 0 radical (unpaired) electrons. The van der Waals surface area contributed by atoms with Gasteiger partial charge in [-0.25, -0.2) is 0 Å². The highest BCUT2D eigenvalue weighted by Gasteiger charge is 2.17. The molecule has 0 atom stereocenters. The SMILES string of the molecule is C#CCC(=O)N(C)CC1CCNCC1. The molecule has 0 aromatic heterocycles. The average molecular weight is 194 g/mol. The largest absolute Gasteiger partial charge is 0.345 e. The summed E-state index contributed by atoms with van der Waals surface area (Å²) >= 11 is 0. The zero-order valence-corrected chi connectivity index (χ0v) is 8.75. The van der Waals surface area contributed by atoms with Crippen molar-refractivity contribution in [3.05, 3.63) is 0 Å². The van der Waals surface area contributed by atoms with Gasteiger partial charge >= 0.3 is 0 Å². The molecule has 1 aliphatic rings. The number of nitrogens with one attached hydrogen (secondary N) is 1. The predicted molar refractivity (Wildman–Crippen MR) is 56.7 cm³/mol. The van der Waals surface area contributed by atoms with Crippen LogP contribution in [0.2, 0.25) is 0 Å². The second kappa shape index (κ2) is 5.66. The number of carbonyl (C=O) groups excluding carboxylic acids is 1. The first-order chi connectivity index (χ1) is 6.74. The van der Waals surface area contributed by atoms with Crippen molar-refractivity contribution in [2.24, 2.45) is 5.92 Å². The first-order valence-electron chi connectivity index (χ1n) is 5.12. The third-order valence-electron chi connectivity index (χ3n) is 2.67. The van der Waals surface area contributed by atoms with Crippen molar-refractivity contribution >= 4 is 5.91 Å². The van der Waals surface area contributed by atoms with Gasteiger partial charge in [-0.2, -0.15) is 0 Å². The van der Waals surface area contributed by atoms with Gasteiger partial charge in [-0.3, -0.25) is 4.79 Å². The fraction of sp³-hybridized carbons (Fsp3) is 0.727. The Morgan fingerprint density at radius 2 is 2.21 bits per heavy atom. The summed E-state index contributed by atoms with van der Waals surface area (Å²) in [6.45, 7) is 2.99. The molecular formula is C11H18N2O. The summed E-state index contributed by atoms with van der Waals surface area (Å²) in [5.74, 6) is 3.08. The zero-order valence-electron chi connectivity index (χ0n) is 8.75. The van der Waals surface area contributed by atoms with E-state index in [0.717, 1.165) is 32.5 Å². The van der Waals surface area contributed by atoms with Gasteiger partial charge in [0.25, 0.3) is 0 Å². The summed E-state index contributed by atoms with van der Waals surface area (Å²) in [6, 6.07) is 0. The van der Waals surface area contributed by atoms with Gasteiger partial charge < -0.3 is 10.2 Å². The molecule has 1 N–H and O–H groups in total. The summed E-state index contributed by atoms with van der Waals surface area (Å²) in [4.78, 5) is 13.1. The highest BCUT2D eigenvalue weighted by atomic mass is 16.2. The smallest absolute Gasteiger partial charge is 0.234 e. The first-order valence-corrected chi connectivity index (χ1v) is 5.12. The van der Waals surface area contributed by atoms with Crippen LogP contribution in [0.4, 0.5) is 0 Å². The minimum atomic E-state index is 0.0611. The number of amides is 1. The van der Waals surface area contributed by atoms with Gasteiger partial charge in [-0.1, -0.05) is 5.92 Å². The van der Waals surface area contributed by atoms with Crippen molar-refractivity contribution in [3.8, 4) is 12.3 Å². The number of terminal acetylenes is 1. The highest BCUT2D eigenvalue weighted by molar-refractivity contribution is 5.78. The number of rotatable bonds is 3. The Labute approximate surface area is 85.9 Å². The summed E-state index contributed by atoms with van der Waals surface area (Å²) < 4.78 is 0. The van der Waals surface area contributed by atoms with Crippen LogP contribution in [0, 0.1) is 18.3 Å². The molecule has 3 nitrogen and oxygen atoms in total. The van der Waals surface area contributed by atoms with Crippen LogP contribution in [0.3, 0.4) is 0 Å². The second-order valence-electron chi connectivity index (χ2n) is 3.85. The molecule has 3 heteroatoms.